The Bertz CT molecular complexity index is 459. The number of benzene rings is 1. The van der Waals surface area contributed by atoms with Crippen molar-refractivity contribution in [1.29, 1.82) is 0 Å². The van der Waals surface area contributed by atoms with E-state index in [1.165, 1.54) is 0 Å². The van der Waals surface area contributed by atoms with Crippen LogP contribution in [-0.2, 0) is 9.84 Å². The predicted octanol–water partition coefficient (Wildman–Crippen LogP) is 2.44. The molecule has 88 valence electrons. The monoisotopic (exact) mass is 303 g/mol. The summed E-state index contributed by atoms with van der Waals surface area (Å²) in [4.78, 5) is 0. The van der Waals surface area contributed by atoms with Crippen LogP contribution in [0.3, 0.4) is 0 Å². The van der Waals surface area contributed by atoms with Gasteiger partial charge in [0.25, 0.3) is 0 Å². The SMILES string of the molecule is O=S1(=O)CCC(Nc2ccccc2Br)CC1. The molecule has 0 aliphatic carbocycles. The van der Waals surface area contributed by atoms with Gasteiger partial charge in [0.15, 0.2) is 0 Å². The number of sulfone groups is 1. The molecule has 1 aromatic rings. The average Bonchev–Trinajstić information content (AvgIpc) is 2.24. The van der Waals surface area contributed by atoms with Crippen LogP contribution in [0.5, 0.6) is 0 Å². The van der Waals surface area contributed by atoms with Gasteiger partial charge in [-0.3, -0.25) is 0 Å². The van der Waals surface area contributed by atoms with Gasteiger partial charge >= 0.3 is 0 Å². The molecule has 2 rings (SSSR count). The van der Waals surface area contributed by atoms with Gasteiger partial charge in [-0.2, -0.15) is 0 Å². The van der Waals surface area contributed by atoms with Crippen LogP contribution < -0.4 is 5.32 Å². The topological polar surface area (TPSA) is 46.2 Å². The highest BCUT2D eigenvalue weighted by Crippen LogP contribution is 2.24. The third-order valence-corrected chi connectivity index (χ3v) is 5.20. The van der Waals surface area contributed by atoms with Gasteiger partial charge in [0.2, 0.25) is 0 Å². The van der Waals surface area contributed by atoms with Crippen LogP contribution in [0.15, 0.2) is 28.7 Å². The predicted molar refractivity (Wildman–Crippen MR) is 69.4 cm³/mol. The molecule has 5 heteroatoms. The first kappa shape index (κ1) is 11.9. The van der Waals surface area contributed by atoms with E-state index in [9.17, 15) is 8.42 Å². The van der Waals surface area contributed by atoms with E-state index >= 15 is 0 Å². The number of para-hydroxylation sites is 1. The van der Waals surface area contributed by atoms with E-state index in [2.05, 4.69) is 21.2 Å². The molecular weight excluding hydrogens is 290 g/mol. The van der Waals surface area contributed by atoms with Crippen LogP contribution in [0.4, 0.5) is 5.69 Å². The summed E-state index contributed by atoms with van der Waals surface area (Å²) in [5.74, 6) is 0.601. The minimum absolute atomic E-state index is 0.266. The van der Waals surface area contributed by atoms with Crippen molar-refractivity contribution >= 4 is 31.5 Å². The second kappa shape index (κ2) is 4.75. The fourth-order valence-electron chi connectivity index (χ4n) is 1.83. The Hall–Kier alpha value is -0.550. The largest absolute Gasteiger partial charge is 0.381 e. The maximum atomic E-state index is 11.3. The molecule has 0 amide bonds. The zero-order valence-electron chi connectivity index (χ0n) is 8.82. The molecule has 3 nitrogen and oxygen atoms in total. The number of hydrogen-bond acceptors (Lipinski definition) is 3. The van der Waals surface area contributed by atoms with E-state index in [1.54, 1.807) is 0 Å². The summed E-state index contributed by atoms with van der Waals surface area (Å²) >= 11 is 3.46. The molecule has 1 saturated heterocycles. The quantitative estimate of drug-likeness (QED) is 0.913. The molecule has 0 saturated carbocycles. The number of rotatable bonds is 2. The van der Waals surface area contributed by atoms with Crippen molar-refractivity contribution in [2.75, 3.05) is 16.8 Å². The molecule has 16 heavy (non-hydrogen) atoms. The van der Waals surface area contributed by atoms with Gasteiger partial charge in [0, 0.05) is 16.2 Å². The van der Waals surface area contributed by atoms with Gasteiger partial charge in [0.1, 0.15) is 9.84 Å². The Kier molecular flexibility index (Phi) is 3.54. The minimum Gasteiger partial charge on any atom is -0.381 e. The molecule has 0 aromatic heterocycles. The first-order valence-corrected chi connectivity index (χ1v) is 7.90. The number of anilines is 1. The summed E-state index contributed by atoms with van der Waals surface area (Å²) < 4.78 is 23.6. The van der Waals surface area contributed by atoms with Crippen LogP contribution in [-0.4, -0.2) is 26.0 Å². The highest BCUT2D eigenvalue weighted by molar-refractivity contribution is 9.10. The van der Waals surface area contributed by atoms with Crippen molar-refractivity contribution in [3.8, 4) is 0 Å². The Balaban J connectivity index is 2.00. The van der Waals surface area contributed by atoms with Crippen LogP contribution in [0.25, 0.3) is 0 Å². The van der Waals surface area contributed by atoms with Gasteiger partial charge in [0.05, 0.1) is 11.5 Å². The molecule has 0 bridgehead atoms. The van der Waals surface area contributed by atoms with Crippen molar-refractivity contribution in [3.63, 3.8) is 0 Å². The highest BCUT2D eigenvalue weighted by Gasteiger charge is 2.23. The zero-order valence-corrected chi connectivity index (χ0v) is 11.2. The Labute approximate surface area is 104 Å². The Morgan fingerprint density at radius 2 is 1.81 bits per heavy atom. The van der Waals surface area contributed by atoms with E-state index < -0.39 is 9.84 Å². The van der Waals surface area contributed by atoms with Gasteiger partial charge in [-0.1, -0.05) is 12.1 Å². The Morgan fingerprint density at radius 1 is 1.19 bits per heavy atom. The number of halogens is 1. The van der Waals surface area contributed by atoms with Crippen molar-refractivity contribution < 1.29 is 8.42 Å². The summed E-state index contributed by atoms with van der Waals surface area (Å²) in [7, 11) is -2.77. The third-order valence-electron chi connectivity index (χ3n) is 2.79. The maximum absolute atomic E-state index is 11.3. The lowest BCUT2D eigenvalue weighted by molar-refractivity contribution is 0.559. The fraction of sp³-hybridized carbons (Fsp3) is 0.455. The molecule has 1 fully saturated rings. The normalized spacial score (nSPS) is 20.6. The van der Waals surface area contributed by atoms with Crippen LogP contribution in [0.2, 0.25) is 0 Å². The average molecular weight is 304 g/mol. The lowest BCUT2D eigenvalue weighted by Crippen LogP contribution is -2.32. The van der Waals surface area contributed by atoms with E-state index in [4.69, 9.17) is 0 Å². The zero-order chi connectivity index (χ0) is 11.6. The van der Waals surface area contributed by atoms with Crippen LogP contribution >= 0.6 is 15.9 Å². The lowest BCUT2D eigenvalue weighted by Gasteiger charge is -2.24. The Morgan fingerprint density at radius 3 is 2.44 bits per heavy atom. The number of hydrogen-bond donors (Lipinski definition) is 1. The fourth-order valence-corrected chi connectivity index (χ4v) is 3.72. The van der Waals surface area contributed by atoms with Crippen LogP contribution in [0, 0.1) is 0 Å². The van der Waals surface area contributed by atoms with E-state index in [-0.39, 0.29) is 6.04 Å². The molecular formula is C11H14BrNO2S. The molecule has 1 N–H and O–H groups in total. The summed E-state index contributed by atoms with van der Waals surface area (Å²) in [5, 5.41) is 3.38. The second-order valence-electron chi connectivity index (χ2n) is 4.05. The van der Waals surface area contributed by atoms with Crippen molar-refractivity contribution in [2.24, 2.45) is 0 Å². The molecule has 1 aromatic carbocycles. The van der Waals surface area contributed by atoms with E-state index in [1.807, 2.05) is 24.3 Å². The smallest absolute Gasteiger partial charge is 0.150 e. The maximum Gasteiger partial charge on any atom is 0.150 e. The highest BCUT2D eigenvalue weighted by atomic mass is 79.9. The van der Waals surface area contributed by atoms with Crippen molar-refractivity contribution in [3.05, 3.63) is 28.7 Å². The summed E-state index contributed by atoms with van der Waals surface area (Å²) in [5.41, 5.74) is 1.03. The molecule has 0 unspecified atom stereocenters. The van der Waals surface area contributed by atoms with E-state index in [0.29, 0.717) is 24.3 Å². The van der Waals surface area contributed by atoms with Crippen molar-refractivity contribution in [2.45, 2.75) is 18.9 Å². The van der Waals surface area contributed by atoms with Gasteiger partial charge < -0.3 is 5.32 Å². The van der Waals surface area contributed by atoms with Gasteiger partial charge in [-0.25, -0.2) is 8.42 Å². The molecule has 0 spiro atoms. The summed E-state index contributed by atoms with van der Waals surface area (Å²) in [6.45, 7) is 0. The van der Waals surface area contributed by atoms with Gasteiger partial charge in [-0.05, 0) is 40.9 Å². The van der Waals surface area contributed by atoms with Gasteiger partial charge in [-0.15, -0.1) is 0 Å². The first-order chi connectivity index (χ1) is 7.57. The molecule has 1 aliphatic heterocycles. The molecule has 1 aliphatic rings. The first-order valence-electron chi connectivity index (χ1n) is 5.28. The van der Waals surface area contributed by atoms with Crippen LogP contribution in [0.1, 0.15) is 12.8 Å². The lowest BCUT2D eigenvalue weighted by atomic mass is 10.1. The second-order valence-corrected chi connectivity index (χ2v) is 7.21. The minimum atomic E-state index is -2.77. The van der Waals surface area contributed by atoms with E-state index in [0.717, 1.165) is 10.2 Å². The molecule has 0 atom stereocenters. The number of nitrogens with one attached hydrogen (secondary N) is 1. The molecule has 1 heterocycles. The standard InChI is InChI=1S/C11H14BrNO2S/c12-10-3-1-2-4-11(10)13-9-5-7-16(14,15)8-6-9/h1-4,9,13H,5-8H2. The summed E-state index contributed by atoms with van der Waals surface area (Å²) in [6, 6.07) is 8.16. The van der Waals surface area contributed by atoms with Crippen molar-refractivity contribution in [1.82, 2.24) is 0 Å². The third kappa shape index (κ3) is 2.98. The summed E-state index contributed by atoms with van der Waals surface area (Å²) in [6.07, 6.45) is 1.40. The molecule has 0 radical (unpaired) electrons.